The minimum Gasteiger partial charge on any atom is -0.452 e. The fourth-order valence-electron chi connectivity index (χ4n) is 1.76. The van der Waals surface area contributed by atoms with E-state index in [0.29, 0.717) is 5.58 Å². The first-order chi connectivity index (χ1) is 9.15. The van der Waals surface area contributed by atoms with Gasteiger partial charge in [0.25, 0.3) is 5.78 Å². The quantitative estimate of drug-likeness (QED) is 0.408. The van der Waals surface area contributed by atoms with Crippen molar-refractivity contribution in [1.29, 1.82) is 0 Å². The summed E-state index contributed by atoms with van der Waals surface area (Å²) in [5.74, 6) is -1.03. The summed E-state index contributed by atoms with van der Waals surface area (Å²) in [5, 5.41) is 11.3. The number of nitrogens with zero attached hydrogens (tertiary/aromatic N) is 1. The lowest BCUT2D eigenvalue weighted by Gasteiger charge is -1.90. The topological polar surface area (TPSA) is 86.5 Å². The van der Waals surface area contributed by atoms with Crippen molar-refractivity contribution in [3.05, 3.63) is 64.1 Å². The largest absolute Gasteiger partial charge is 0.452 e. The van der Waals surface area contributed by atoms with Gasteiger partial charge in [-0.3, -0.25) is 14.9 Å². The summed E-state index contributed by atoms with van der Waals surface area (Å²) < 4.78 is 10.2. The second-order valence-corrected chi connectivity index (χ2v) is 3.87. The molecule has 0 aliphatic rings. The second-order valence-electron chi connectivity index (χ2n) is 3.87. The highest BCUT2D eigenvalue weighted by Gasteiger charge is 2.21. The standard InChI is InChI=1S/C13H7NO5/c15-13(10-5-6-12(19-10)14(16)17)11-7-8-3-1-2-4-9(8)18-11/h1-7H. The zero-order chi connectivity index (χ0) is 13.4. The summed E-state index contributed by atoms with van der Waals surface area (Å²) in [5.41, 5.74) is 0.576. The molecule has 0 radical (unpaired) electrons. The molecule has 0 saturated carbocycles. The normalized spacial score (nSPS) is 10.7. The van der Waals surface area contributed by atoms with Gasteiger partial charge in [0.05, 0.1) is 6.07 Å². The molecule has 6 nitrogen and oxygen atoms in total. The van der Waals surface area contributed by atoms with Crippen LogP contribution in [0.2, 0.25) is 0 Å². The van der Waals surface area contributed by atoms with E-state index in [1.54, 1.807) is 24.3 Å². The van der Waals surface area contributed by atoms with Crippen LogP contribution < -0.4 is 0 Å². The molecule has 19 heavy (non-hydrogen) atoms. The third-order valence-electron chi connectivity index (χ3n) is 2.64. The van der Waals surface area contributed by atoms with E-state index in [1.807, 2.05) is 6.07 Å². The third-order valence-corrected chi connectivity index (χ3v) is 2.64. The van der Waals surface area contributed by atoms with Gasteiger partial charge in [-0.05, 0) is 18.2 Å². The molecule has 0 unspecified atom stereocenters. The fourth-order valence-corrected chi connectivity index (χ4v) is 1.76. The van der Waals surface area contributed by atoms with Gasteiger partial charge in [0.2, 0.25) is 0 Å². The van der Waals surface area contributed by atoms with Crippen LogP contribution in [0.1, 0.15) is 16.3 Å². The van der Waals surface area contributed by atoms with E-state index in [1.165, 1.54) is 6.07 Å². The molecule has 2 aromatic heterocycles. The molecule has 0 fully saturated rings. The average Bonchev–Trinajstić information content (AvgIpc) is 3.04. The number of fused-ring (bicyclic) bond motifs is 1. The van der Waals surface area contributed by atoms with Crippen molar-refractivity contribution >= 4 is 22.6 Å². The summed E-state index contributed by atoms with van der Waals surface area (Å²) in [6.07, 6.45) is 0. The molecule has 0 saturated heterocycles. The lowest BCUT2D eigenvalue weighted by Crippen LogP contribution is -1.97. The highest BCUT2D eigenvalue weighted by molar-refractivity contribution is 6.07. The van der Waals surface area contributed by atoms with Crippen LogP contribution in [0.15, 0.2) is 51.3 Å². The van der Waals surface area contributed by atoms with E-state index in [2.05, 4.69) is 0 Å². The van der Waals surface area contributed by atoms with Gasteiger partial charge in [0, 0.05) is 5.39 Å². The SMILES string of the molecule is O=C(c1ccc([N+](=O)[O-])o1)c1cc2ccccc2o1. The maximum atomic E-state index is 12.0. The van der Waals surface area contributed by atoms with Crippen molar-refractivity contribution in [2.45, 2.75) is 0 Å². The first-order valence-corrected chi connectivity index (χ1v) is 5.42. The van der Waals surface area contributed by atoms with Gasteiger partial charge in [0.1, 0.15) is 10.5 Å². The van der Waals surface area contributed by atoms with E-state index in [0.717, 1.165) is 11.5 Å². The molecule has 0 N–H and O–H groups in total. The number of furan rings is 2. The molecule has 0 atom stereocenters. The summed E-state index contributed by atoms with van der Waals surface area (Å²) in [6.45, 7) is 0. The van der Waals surface area contributed by atoms with Crippen LogP contribution in [-0.4, -0.2) is 10.7 Å². The lowest BCUT2D eigenvalue weighted by atomic mass is 10.2. The number of benzene rings is 1. The maximum absolute atomic E-state index is 12.0. The van der Waals surface area contributed by atoms with Gasteiger partial charge in [-0.25, -0.2) is 0 Å². The predicted octanol–water partition coefficient (Wildman–Crippen LogP) is 3.17. The van der Waals surface area contributed by atoms with Crippen LogP contribution in [-0.2, 0) is 0 Å². The Morgan fingerprint density at radius 1 is 1.05 bits per heavy atom. The highest BCUT2D eigenvalue weighted by Crippen LogP contribution is 2.23. The number of carbonyl (C=O) groups is 1. The van der Waals surface area contributed by atoms with Gasteiger partial charge in [0.15, 0.2) is 11.5 Å². The van der Waals surface area contributed by atoms with Crippen molar-refractivity contribution in [2.75, 3.05) is 0 Å². The minimum atomic E-state index is -0.699. The summed E-state index contributed by atoms with van der Waals surface area (Å²) in [4.78, 5) is 21.8. The Balaban J connectivity index is 2.00. The van der Waals surface area contributed by atoms with Crippen LogP contribution in [0.25, 0.3) is 11.0 Å². The summed E-state index contributed by atoms with van der Waals surface area (Å²) in [6, 6.07) is 11.1. The van der Waals surface area contributed by atoms with Crippen LogP contribution in [0.3, 0.4) is 0 Å². The molecule has 3 rings (SSSR count). The van der Waals surface area contributed by atoms with Gasteiger partial charge < -0.3 is 8.83 Å². The lowest BCUT2D eigenvalue weighted by molar-refractivity contribution is -0.402. The van der Waals surface area contributed by atoms with Crippen molar-refractivity contribution in [3.8, 4) is 0 Å². The number of nitro groups is 1. The van der Waals surface area contributed by atoms with Gasteiger partial charge in [-0.15, -0.1) is 0 Å². The monoisotopic (exact) mass is 257 g/mol. The molecule has 1 aromatic carbocycles. The Labute approximate surface area is 106 Å². The number of para-hydroxylation sites is 1. The average molecular weight is 257 g/mol. The Hall–Kier alpha value is -2.89. The molecule has 2 heterocycles. The van der Waals surface area contributed by atoms with Crippen molar-refractivity contribution in [3.63, 3.8) is 0 Å². The summed E-state index contributed by atoms with van der Waals surface area (Å²) in [7, 11) is 0. The van der Waals surface area contributed by atoms with Gasteiger partial charge >= 0.3 is 5.88 Å². The van der Waals surface area contributed by atoms with Gasteiger partial charge in [-0.2, -0.15) is 0 Å². The van der Waals surface area contributed by atoms with Crippen molar-refractivity contribution in [2.24, 2.45) is 0 Å². The van der Waals surface area contributed by atoms with Gasteiger partial charge in [-0.1, -0.05) is 18.2 Å². The molecule has 0 bridgehead atoms. The molecule has 94 valence electrons. The maximum Gasteiger partial charge on any atom is 0.433 e. The third kappa shape index (κ3) is 1.89. The zero-order valence-electron chi connectivity index (χ0n) is 9.53. The Bertz CT molecular complexity index is 750. The van der Waals surface area contributed by atoms with Crippen LogP contribution in [0.5, 0.6) is 0 Å². The predicted molar refractivity (Wildman–Crippen MR) is 65.0 cm³/mol. The fraction of sp³-hybridized carbons (Fsp3) is 0. The molecule has 6 heteroatoms. The first-order valence-electron chi connectivity index (χ1n) is 5.42. The molecule has 0 aliphatic heterocycles. The number of ketones is 1. The Kier molecular flexibility index (Phi) is 2.42. The van der Waals surface area contributed by atoms with Crippen molar-refractivity contribution < 1.29 is 18.6 Å². The van der Waals surface area contributed by atoms with Crippen LogP contribution in [0.4, 0.5) is 5.88 Å². The Morgan fingerprint density at radius 3 is 2.53 bits per heavy atom. The van der Waals surface area contributed by atoms with E-state index in [4.69, 9.17) is 8.83 Å². The Morgan fingerprint density at radius 2 is 1.84 bits per heavy atom. The van der Waals surface area contributed by atoms with Crippen LogP contribution in [0, 0.1) is 10.1 Å². The minimum absolute atomic E-state index is 0.0884. The zero-order valence-corrected chi connectivity index (χ0v) is 9.53. The molecular formula is C13H7NO5. The van der Waals surface area contributed by atoms with E-state index >= 15 is 0 Å². The number of hydrogen-bond acceptors (Lipinski definition) is 5. The number of hydrogen-bond donors (Lipinski definition) is 0. The number of carbonyl (C=O) groups excluding carboxylic acids is 1. The highest BCUT2D eigenvalue weighted by atomic mass is 16.6. The molecule has 0 spiro atoms. The molecular weight excluding hydrogens is 250 g/mol. The first kappa shape index (κ1) is 11.2. The number of rotatable bonds is 3. The molecule has 3 aromatic rings. The smallest absolute Gasteiger partial charge is 0.433 e. The van der Waals surface area contributed by atoms with Crippen molar-refractivity contribution in [1.82, 2.24) is 0 Å². The summed E-state index contributed by atoms with van der Waals surface area (Å²) >= 11 is 0. The van der Waals surface area contributed by atoms with Crippen LogP contribution >= 0.6 is 0 Å². The molecule has 0 aliphatic carbocycles. The van der Waals surface area contributed by atoms with E-state index in [-0.39, 0.29) is 11.5 Å². The second kappa shape index (κ2) is 4.09. The van der Waals surface area contributed by atoms with E-state index < -0.39 is 16.6 Å². The van der Waals surface area contributed by atoms with E-state index in [9.17, 15) is 14.9 Å². The molecule has 0 amide bonds.